The number of carbonyl (C=O) groups is 2. The Morgan fingerprint density at radius 3 is 2.31 bits per heavy atom. The quantitative estimate of drug-likeness (QED) is 0.289. The molecule has 1 aromatic rings. The normalized spacial score (nSPS) is 11.0. The second kappa shape index (κ2) is 13.1. The molecule has 0 aromatic heterocycles. The molecule has 0 fully saturated rings. The second-order valence-corrected chi connectivity index (χ2v) is 6.51. The number of hydrogen-bond acceptors (Lipinski definition) is 3. The van der Waals surface area contributed by atoms with Crippen LogP contribution in [0.1, 0.15) is 80.6 Å². The first kappa shape index (κ1) is 21.9. The molecule has 0 heterocycles. The molecule has 1 rings (SSSR count). The van der Waals surface area contributed by atoms with Gasteiger partial charge in [0.1, 0.15) is 0 Å². The van der Waals surface area contributed by atoms with E-state index in [1.807, 2.05) is 18.2 Å². The summed E-state index contributed by atoms with van der Waals surface area (Å²) >= 11 is 0. The Kier molecular flexibility index (Phi) is 11.0. The number of amides is 1. The molecule has 5 heteroatoms. The van der Waals surface area contributed by atoms with E-state index in [1.54, 1.807) is 12.1 Å². The molecule has 0 saturated heterocycles. The molecule has 26 heavy (non-hydrogen) atoms. The number of nitrogens with zero attached hydrogens (tertiary/aromatic N) is 1. The Morgan fingerprint density at radius 2 is 1.65 bits per heavy atom. The van der Waals surface area contributed by atoms with Crippen LogP contribution in [0.25, 0.3) is 6.08 Å². The zero-order valence-corrected chi connectivity index (χ0v) is 15.7. The van der Waals surface area contributed by atoms with Crippen molar-refractivity contribution in [1.82, 2.24) is 5.06 Å². The van der Waals surface area contributed by atoms with Crippen LogP contribution in [0.5, 0.6) is 0 Å². The van der Waals surface area contributed by atoms with Crippen LogP contribution in [-0.4, -0.2) is 33.8 Å². The van der Waals surface area contributed by atoms with E-state index in [9.17, 15) is 14.8 Å². The van der Waals surface area contributed by atoms with Crippen LogP contribution in [0, 0.1) is 0 Å². The summed E-state index contributed by atoms with van der Waals surface area (Å²) < 4.78 is 0. The maximum Gasteiger partial charge on any atom is 0.303 e. The minimum absolute atomic E-state index is 0.00500. The molecular formula is C21H31NO4. The van der Waals surface area contributed by atoms with E-state index >= 15 is 0 Å². The molecule has 0 radical (unpaired) electrons. The molecule has 0 saturated carbocycles. The molecule has 1 amide bonds. The van der Waals surface area contributed by atoms with Gasteiger partial charge in [0.05, 0.1) is 0 Å². The summed E-state index contributed by atoms with van der Waals surface area (Å²) in [5, 5.41) is 18.9. The Morgan fingerprint density at radius 1 is 1.00 bits per heavy atom. The first-order chi connectivity index (χ1) is 12.5. The number of carbonyl (C=O) groups excluding carboxylic acids is 1. The van der Waals surface area contributed by atoms with E-state index in [0.717, 1.165) is 12.0 Å². The van der Waals surface area contributed by atoms with E-state index in [4.69, 9.17) is 5.11 Å². The predicted molar refractivity (Wildman–Crippen MR) is 103 cm³/mol. The fourth-order valence-corrected chi connectivity index (χ4v) is 2.63. The molecule has 1 aromatic carbocycles. The number of aliphatic carboxylic acids is 1. The van der Waals surface area contributed by atoms with Gasteiger partial charge in [0.2, 0.25) is 0 Å². The number of benzene rings is 1. The molecule has 0 aliphatic heterocycles. The van der Waals surface area contributed by atoms with Gasteiger partial charge in [-0.05, 0) is 37.0 Å². The van der Waals surface area contributed by atoms with E-state index in [0.29, 0.717) is 10.6 Å². The second-order valence-electron chi connectivity index (χ2n) is 6.51. The van der Waals surface area contributed by atoms with Crippen molar-refractivity contribution >= 4 is 18.0 Å². The number of carboxylic acid groups (broad SMARTS) is 1. The lowest BCUT2D eigenvalue weighted by Gasteiger charge is -2.14. The third-order valence-corrected chi connectivity index (χ3v) is 4.19. The predicted octanol–water partition coefficient (Wildman–Crippen LogP) is 5.15. The van der Waals surface area contributed by atoms with Crippen LogP contribution in [0.4, 0.5) is 0 Å². The van der Waals surface area contributed by atoms with E-state index in [-0.39, 0.29) is 19.4 Å². The van der Waals surface area contributed by atoms with Crippen LogP contribution in [0.15, 0.2) is 30.3 Å². The summed E-state index contributed by atoms with van der Waals surface area (Å²) in [6.45, 7) is 2.23. The zero-order valence-electron chi connectivity index (χ0n) is 15.7. The lowest BCUT2D eigenvalue weighted by atomic mass is 10.1. The molecule has 0 aliphatic rings. The Bertz CT molecular complexity index is 566. The molecule has 0 bridgehead atoms. The molecule has 0 unspecified atom stereocenters. The van der Waals surface area contributed by atoms with Gasteiger partial charge < -0.3 is 5.11 Å². The highest BCUT2D eigenvalue weighted by atomic mass is 16.5. The maximum absolute atomic E-state index is 12.0. The molecule has 0 atom stereocenters. The molecule has 144 valence electrons. The van der Waals surface area contributed by atoms with Crippen molar-refractivity contribution in [3.63, 3.8) is 0 Å². The van der Waals surface area contributed by atoms with Crippen LogP contribution < -0.4 is 0 Å². The van der Waals surface area contributed by atoms with Crippen molar-refractivity contribution in [2.75, 3.05) is 6.54 Å². The van der Waals surface area contributed by atoms with Crippen LogP contribution >= 0.6 is 0 Å². The monoisotopic (exact) mass is 361 g/mol. The number of rotatable bonds is 13. The summed E-state index contributed by atoms with van der Waals surface area (Å²) in [7, 11) is 0. The van der Waals surface area contributed by atoms with Crippen molar-refractivity contribution in [2.45, 2.75) is 64.7 Å². The minimum atomic E-state index is -0.942. The first-order valence-corrected chi connectivity index (χ1v) is 9.53. The van der Waals surface area contributed by atoms with Gasteiger partial charge in [-0.25, -0.2) is 5.06 Å². The highest BCUT2D eigenvalue weighted by Crippen LogP contribution is 2.11. The van der Waals surface area contributed by atoms with Crippen molar-refractivity contribution in [2.24, 2.45) is 0 Å². The van der Waals surface area contributed by atoms with Crippen LogP contribution in [-0.2, 0) is 4.79 Å². The number of carboxylic acids is 1. The van der Waals surface area contributed by atoms with Gasteiger partial charge in [-0.2, -0.15) is 0 Å². The minimum Gasteiger partial charge on any atom is -0.481 e. The summed E-state index contributed by atoms with van der Waals surface area (Å²) in [4.78, 5) is 22.5. The largest absolute Gasteiger partial charge is 0.481 e. The van der Waals surface area contributed by atoms with Gasteiger partial charge in [-0.1, -0.05) is 63.3 Å². The SMILES string of the molecule is CCCCCCCC/C=C\c1ccc(C(=O)N(O)CCCC(=O)O)cc1. The Hall–Kier alpha value is -2.14. The number of hydrogen-bond donors (Lipinski definition) is 2. The summed E-state index contributed by atoms with van der Waals surface area (Å²) in [6, 6.07) is 7.03. The lowest BCUT2D eigenvalue weighted by Crippen LogP contribution is -2.28. The standard InChI is InChI=1S/C21H31NO4/c1-2-3-4-5-6-7-8-9-11-18-13-15-19(16-14-18)21(25)22(26)17-10-12-20(23)24/h9,11,13-16,26H,2-8,10,12,17H2,1H3,(H,23,24)/b11-9-. The summed E-state index contributed by atoms with van der Waals surface area (Å²) in [5.41, 5.74) is 1.40. The summed E-state index contributed by atoms with van der Waals surface area (Å²) in [6.07, 6.45) is 13.1. The smallest absolute Gasteiger partial charge is 0.303 e. The van der Waals surface area contributed by atoms with Crippen molar-refractivity contribution in [3.05, 3.63) is 41.5 Å². The third-order valence-electron chi connectivity index (χ3n) is 4.19. The van der Waals surface area contributed by atoms with Crippen molar-refractivity contribution < 1.29 is 19.9 Å². The molecule has 2 N–H and O–H groups in total. The van der Waals surface area contributed by atoms with Gasteiger partial charge >= 0.3 is 5.97 Å². The topological polar surface area (TPSA) is 77.8 Å². The number of unbranched alkanes of at least 4 members (excludes halogenated alkanes) is 6. The zero-order chi connectivity index (χ0) is 19.2. The van der Waals surface area contributed by atoms with E-state index < -0.39 is 11.9 Å². The highest BCUT2D eigenvalue weighted by Gasteiger charge is 2.13. The van der Waals surface area contributed by atoms with E-state index in [2.05, 4.69) is 13.0 Å². The van der Waals surface area contributed by atoms with Gasteiger partial charge in [0.25, 0.3) is 5.91 Å². The van der Waals surface area contributed by atoms with Gasteiger partial charge in [0.15, 0.2) is 0 Å². The lowest BCUT2D eigenvalue weighted by molar-refractivity contribution is -0.137. The highest BCUT2D eigenvalue weighted by molar-refractivity contribution is 5.93. The van der Waals surface area contributed by atoms with Gasteiger partial charge in [-0.15, -0.1) is 0 Å². The average Bonchev–Trinajstić information content (AvgIpc) is 2.63. The molecule has 0 aliphatic carbocycles. The molecule has 0 spiro atoms. The maximum atomic E-state index is 12.0. The Labute approximate surface area is 156 Å². The Balaban J connectivity index is 2.34. The average molecular weight is 361 g/mol. The third kappa shape index (κ3) is 9.37. The fourth-order valence-electron chi connectivity index (χ4n) is 2.63. The van der Waals surface area contributed by atoms with Gasteiger partial charge in [0, 0.05) is 18.5 Å². The summed E-state index contributed by atoms with van der Waals surface area (Å²) in [5.74, 6) is -1.46. The number of hydroxylamine groups is 2. The first-order valence-electron chi connectivity index (χ1n) is 9.53. The van der Waals surface area contributed by atoms with Crippen molar-refractivity contribution in [1.29, 1.82) is 0 Å². The van der Waals surface area contributed by atoms with Crippen LogP contribution in [0.3, 0.4) is 0 Å². The number of allylic oxidation sites excluding steroid dienone is 1. The van der Waals surface area contributed by atoms with E-state index in [1.165, 1.54) is 38.5 Å². The fraction of sp³-hybridized carbons (Fsp3) is 0.524. The molecular weight excluding hydrogens is 330 g/mol. The van der Waals surface area contributed by atoms with Crippen LogP contribution in [0.2, 0.25) is 0 Å². The molecule has 5 nitrogen and oxygen atoms in total. The van der Waals surface area contributed by atoms with Gasteiger partial charge in [-0.3, -0.25) is 14.8 Å². The van der Waals surface area contributed by atoms with Crippen molar-refractivity contribution in [3.8, 4) is 0 Å².